The Hall–Kier alpha value is -5.82. The average molecular weight is 730 g/mol. The minimum absolute atomic E-state index is 0.0965. The van der Waals surface area contributed by atoms with Gasteiger partial charge in [0.15, 0.2) is 0 Å². The lowest BCUT2D eigenvalue weighted by molar-refractivity contribution is -0.134. The molecule has 0 radical (unpaired) electrons. The summed E-state index contributed by atoms with van der Waals surface area (Å²) < 4.78 is 23.9. The van der Waals surface area contributed by atoms with Gasteiger partial charge in [-0.3, -0.25) is 24.6 Å². The van der Waals surface area contributed by atoms with E-state index in [1.54, 1.807) is 47.5 Å². The van der Waals surface area contributed by atoms with Crippen LogP contribution in [0.3, 0.4) is 0 Å². The number of piperidine rings is 1. The van der Waals surface area contributed by atoms with Crippen molar-refractivity contribution in [1.82, 2.24) is 25.0 Å². The maximum Gasteiger partial charge on any atom is 0.249 e. The van der Waals surface area contributed by atoms with Crippen molar-refractivity contribution in [1.29, 1.82) is 0 Å². The number of halogens is 1. The van der Waals surface area contributed by atoms with E-state index in [2.05, 4.69) is 31.4 Å². The van der Waals surface area contributed by atoms with Crippen molar-refractivity contribution in [2.75, 3.05) is 42.6 Å². The summed E-state index contributed by atoms with van der Waals surface area (Å²) in [5.41, 5.74) is 5.30. The molecular formula is C41H40FN7O5. The molecule has 1 unspecified atom stereocenters. The molecule has 12 nitrogen and oxygen atoms in total. The van der Waals surface area contributed by atoms with Gasteiger partial charge in [0, 0.05) is 49.1 Å². The fourth-order valence-corrected chi connectivity index (χ4v) is 8.77. The molecule has 0 bridgehead atoms. The van der Waals surface area contributed by atoms with Gasteiger partial charge in [-0.25, -0.2) is 4.39 Å². The summed E-state index contributed by atoms with van der Waals surface area (Å²) in [6.07, 6.45) is 6.38. The van der Waals surface area contributed by atoms with Gasteiger partial charge in [-0.15, -0.1) is 10.2 Å². The highest BCUT2D eigenvalue weighted by Gasteiger charge is 2.38. The Labute approximate surface area is 311 Å². The summed E-state index contributed by atoms with van der Waals surface area (Å²) in [4.78, 5) is 43.9. The van der Waals surface area contributed by atoms with E-state index in [1.807, 2.05) is 28.8 Å². The average Bonchev–Trinajstić information content (AvgIpc) is 3.61. The van der Waals surface area contributed by atoms with Crippen LogP contribution in [0.5, 0.6) is 11.5 Å². The molecule has 5 heterocycles. The standard InChI is InChI=1S/C41H40FN7O5/c42-30-22-27(47-17-16-31-36(47)23-32(45-44-31)29-4-1-2-7-37(29)50)12-13-33(30)49-19-18-46(24-39(49)52)26-10-8-25(9-11-26)28-5-3-6-34-40(28)54-21-20-48(34)35-14-15-38(51)43-41(35)53/h1-7,12-13,16-17,22-23,25-26,35,50H,8-11,14-15,18-21,24H2,(H,43,51,53). The van der Waals surface area contributed by atoms with E-state index in [-0.39, 0.29) is 47.8 Å². The van der Waals surface area contributed by atoms with Crippen LogP contribution in [-0.2, 0) is 14.4 Å². The van der Waals surface area contributed by atoms with Crippen LogP contribution in [0.2, 0.25) is 0 Å². The number of phenols is 1. The molecule has 3 aliphatic heterocycles. The van der Waals surface area contributed by atoms with Crippen molar-refractivity contribution in [3.8, 4) is 28.4 Å². The van der Waals surface area contributed by atoms with E-state index in [4.69, 9.17) is 4.74 Å². The number of aromatic nitrogens is 3. The third kappa shape index (κ3) is 6.11. The summed E-state index contributed by atoms with van der Waals surface area (Å²) in [5, 5.41) is 21.4. The number of carbonyl (C=O) groups excluding carboxylic acids is 3. The highest BCUT2D eigenvalue weighted by atomic mass is 19.1. The molecule has 1 aliphatic carbocycles. The number of rotatable bonds is 6. The maximum atomic E-state index is 15.8. The Morgan fingerprint density at radius 1 is 0.852 bits per heavy atom. The summed E-state index contributed by atoms with van der Waals surface area (Å²) >= 11 is 0. The third-order valence-corrected chi connectivity index (χ3v) is 11.5. The number of para-hydroxylation sites is 2. The van der Waals surface area contributed by atoms with Gasteiger partial charge in [0.25, 0.3) is 0 Å². The summed E-state index contributed by atoms with van der Waals surface area (Å²) in [7, 11) is 0. The van der Waals surface area contributed by atoms with E-state index in [0.717, 1.165) is 42.7 Å². The van der Waals surface area contributed by atoms with E-state index in [1.165, 1.54) is 6.07 Å². The lowest BCUT2D eigenvalue weighted by atomic mass is 9.80. The summed E-state index contributed by atoms with van der Waals surface area (Å²) in [5.74, 6) is 0.155. The SMILES string of the molecule is O=C1CCC(N2CCOc3c(C4CCC(N5CCN(c6ccc(-n7ccc8nnc(-c9ccccc9O)cc87)cc6F)C(=O)C5)CC4)cccc32)C(=O)N1. The Bertz CT molecular complexity index is 2290. The number of carbonyl (C=O) groups is 3. The minimum Gasteiger partial charge on any atom is -0.507 e. The highest BCUT2D eigenvalue weighted by Crippen LogP contribution is 2.45. The first-order valence-corrected chi connectivity index (χ1v) is 18.7. The summed E-state index contributed by atoms with van der Waals surface area (Å²) in [6, 6.07) is 21.5. The number of nitrogens with one attached hydrogen (secondary N) is 1. The smallest absolute Gasteiger partial charge is 0.249 e. The summed E-state index contributed by atoms with van der Waals surface area (Å²) in [6.45, 7) is 2.36. The second-order valence-electron chi connectivity index (χ2n) is 14.6. The van der Waals surface area contributed by atoms with Crippen molar-refractivity contribution in [2.45, 2.75) is 56.5 Å². The molecule has 2 aromatic heterocycles. The fraction of sp³-hybridized carbons (Fsp3) is 0.341. The molecule has 1 atom stereocenters. The predicted molar refractivity (Wildman–Crippen MR) is 200 cm³/mol. The number of piperazine rings is 1. The van der Waals surface area contributed by atoms with Gasteiger partial charge in [-0.2, -0.15) is 0 Å². The number of ether oxygens (including phenoxy) is 1. The molecule has 2 N–H and O–H groups in total. The van der Waals surface area contributed by atoms with Crippen molar-refractivity contribution < 1.29 is 28.6 Å². The number of amides is 3. The molecular weight excluding hydrogens is 689 g/mol. The second kappa shape index (κ2) is 13.9. The Morgan fingerprint density at radius 3 is 2.50 bits per heavy atom. The number of aromatic hydroxyl groups is 1. The topological polar surface area (TPSA) is 133 Å². The number of fused-ring (bicyclic) bond motifs is 2. The maximum absolute atomic E-state index is 15.8. The number of phenolic OH excluding ortho intramolecular Hbond substituents is 1. The fourth-order valence-electron chi connectivity index (χ4n) is 8.77. The van der Waals surface area contributed by atoms with Gasteiger partial charge in [0.05, 0.1) is 35.7 Å². The lowest BCUT2D eigenvalue weighted by Crippen LogP contribution is -2.54. The number of hydrogen-bond acceptors (Lipinski definition) is 9. The molecule has 3 aromatic carbocycles. The van der Waals surface area contributed by atoms with Crippen LogP contribution in [-0.4, -0.2) is 87.4 Å². The van der Waals surface area contributed by atoms with Crippen LogP contribution in [0.1, 0.15) is 50.0 Å². The van der Waals surface area contributed by atoms with Crippen LogP contribution >= 0.6 is 0 Å². The molecule has 3 fully saturated rings. The van der Waals surface area contributed by atoms with Crippen LogP contribution in [0.25, 0.3) is 28.0 Å². The van der Waals surface area contributed by atoms with Gasteiger partial charge >= 0.3 is 0 Å². The molecule has 4 aliphatic rings. The molecule has 13 heteroatoms. The minimum atomic E-state index is -0.482. The first kappa shape index (κ1) is 34.0. The van der Waals surface area contributed by atoms with E-state index < -0.39 is 5.82 Å². The van der Waals surface area contributed by atoms with E-state index >= 15 is 4.39 Å². The molecule has 54 heavy (non-hydrogen) atoms. The highest BCUT2D eigenvalue weighted by molar-refractivity contribution is 6.02. The molecule has 1 saturated carbocycles. The van der Waals surface area contributed by atoms with Gasteiger partial charge in [-0.1, -0.05) is 24.3 Å². The zero-order valence-electron chi connectivity index (χ0n) is 29.7. The number of anilines is 2. The number of benzene rings is 3. The molecule has 276 valence electrons. The number of nitrogens with zero attached hydrogens (tertiary/aromatic N) is 6. The van der Waals surface area contributed by atoms with Crippen LogP contribution in [0, 0.1) is 5.82 Å². The van der Waals surface area contributed by atoms with Crippen LogP contribution < -0.4 is 19.9 Å². The van der Waals surface area contributed by atoms with Crippen molar-refractivity contribution in [3.05, 3.63) is 90.4 Å². The van der Waals surface area contributed by atoms with Crippen molar-refractivity contribution in [2.24, 2.45) is 0 Å². The van der Waals surface area contributed by atoms with E-state index in [0.29, 0.717) is 73.0 Å². The van der Waals surface area contributed by atoms with Gasteiger partial charge in [0.2, 0.25) is 17.7 Å². The quantitative estimate of drug-likeness (QED) is 0.223. The second-order valence-corrected chi connectivity index (χ2v) is 14.6. The molecule has 0 spiro atoms. The molecule has 9 rings (SSSR count). The van der Waals surface area contributed by atoms with Crippen molar-refractivity contribution >= 4 is 40.1 Å². The molecule has 5 aromatic rings. The first-order valence-electron chi connectivity index (χ1n) is 18.7. The predicted octanol–water partition coefficient (Wildman–Crippen LogP) is 5.31. The van der Waals surface area contributed by atoms with Crippen LogP contribution in [0.15, 0.2) is 79.0 Å². The number of imide groups is 1. The third-order valence-electron chi connectivity index (χ3n) is 11.5. The first-order chi connectivity index (χ1) is 26.3. The Morgan fingerprint density at radius 2 is 1.70 bits per heavy atom. The van der Waals surface area contributed by atoms with E-state index in [9.17, 15) is 19.5 Å². The van der Waals surface area contributed by atoms with Gasteiger partial charge < -0.3 is 24.2 Å². The Kier molecular flexibility index (Phi) is 8.73. The molecule has 3 amide bonds. The number of hydrogen-bond donors (Lipinski definition) is 2. The van der Waals surface area contributed by atoms with Gasteiger partial charge in [-0.05, 0) is 86.1 Å². The largest absolute Gasteiger partial charge is 0.507 e. The zero-order chi connectivity index (χ0) is 36.9. The Balaban J connectivity index is 0.851. The monoisotopic (exact) mass is 729 g/mol. The van der Waals surface area contributed by atoms with Crippen molar-refractivity contribution in [3.63, 3.8) is 0 Å². The normalized spacial score (nSPS) is 22.2. The van der Waals surface area contributed by atoms with Gasteiger partial charge in [0.1, 0.15) is 35.5 Å². The zero-order valence-corrected chi connectivity index (χ0v) is 29.7. The van der Waals surface area contributed by atoms with Crippen LogP contribution in [0.4, 0.5) is 15.8 Å². The lowest BCUT2D eigenvalue weighted by Gasteiger charge is -2.42. The molecule has 2 saturated heterocycles.